The predicted octanol–water partition coefficient (Wildman–Crippen LogP) is 1.34. The lowest BCUT2D eigenvalue weighted by atomic mass is 10.1. The van der Waals surface area contributed by atoms with E-state index in [1.807, 2.05) is 6.92 Å². The first-order valence-corrected chi connectivity index (χ1v) is 5.21. The molecule has 1 aromatic heterocycles. The van der Waals surface area contributed by atoms with Gasteiger partial charge in [-0.2, -0.15) is 0 Å². The van der Waals surface area contributed by atoms with E-state index in [1.165, 1.54) is 22.9 Å². The number of phenolic OH excluding ortho intramolecular Hbond substituents is 2. The van der Waals surface area contributed by atoms with Gasteiger partial charge in [-0.05, 0) is 25.1 Å². The molecule has 0 bridgehead atoms. The van der Waals surface area contributed by atoms with E-state index in [9.17, 15) is 15.0 Å². The van der Waals surface area contributed by atoms with E-state index in [1.54, 1.807) is 12.3 Å². The maximum Gasteiger partial charge on any atom is 0.277 e. The van der Waals surface area contributed by atoms with Crippen molar-refractivity contribution in [3.8, 4) is 22.8 Å². The van der Waals surface area contributed by atoms with Crippen molar-refractivity contribution in [2.75, 3.05) is 0 Å². The Morgan fingerprint density at radius 1 is 1.29 bits per heavy atom. The van der Waals surface area contributed by atoms with Gasteiger partial charge in [0.2, 0.25) is 0 Å². The zero-order valence-electron chi connectivity index (χ0n) is 9.29. The van der Waals surface area contributed by atoms with Gasteiger partial charge in [0.25, 0.3) is 5.56 Å². The molecule has 0 amide bonds. The van der Waals surface area contributed by atoms with Crippen molar-refractivity contribution >= 4 is 0 Å². The summed E-state index contributed by atoms with van der Waals surface area (Å²) in [4.78, 5) is 16.0. The van der Waals surface area contributed by atoms with Crippen LogP contribution in [0.2, 0.25) is 0 Å². The molecule has 0 saturated heterocycles. The first kappa shape index (κ1) is 11.2. The normalized spacial score (nSPS) is 10.4. The molecule has 0 aliphatic heterocycles. The van der Waals surface area contributed by atoms with Crippen molar-refractivity contribution in [1.82, 2.24) is 9.55 Å². The fraction of sp³-hybridized carbons (Fsp3) is 0.167. The molecule has 2 rings (SSSR count). The average Bonchev–Trinajstić information content (AvgIpc) is 2.33. The first-order valence-electron chi connectivity index (χ1n) is 5.21. The minimum atomic E-state index is -0.268. The zero-order chi connectivity index (χ0) is 12.4. The number of hydrogen-bond acceptors (Lipinski definition) is 4. The molecule has 0 aliphatic carbocycles. The molecule has 2 aromatic rings. The van der Waals surface area contributed by atoms with Crippen molar-refractivity contribution in [2.24, 2.45) is 0 Å². The standard InChI is InChI=1S/C12H12N2O3/c1-2-14-6-5-13-11(12(14)17)8-3-4-9(15)10(16)7-8/h3-7,15-16H,2H2,1H3. The van der Waals surface area contributed by atoms with Crippen LogP contribution in [0.3, 0.4) is 0 Å². The Balaban J connectivity index is 2.61. The van der Waals surface area contributed by atoms with Gasteiger partial charge in [0.05, 0.1) is 0 Å². The molecule has 0 spiro atoms. The summed E-state index contributed by atoms with van der Waals surface area (Å²) in [6, 6.07) is 4.19. The van der Waals surface area contributed by atoms with Crippen LogP contribution in [0.15, 0.2) is 35.4 Å². The molecule has 0 radical (unpaired) electrons. The number of aryl methyl sites for hydroxylation is 1. The third-order valence-corrected chi connectivity index (χ3v) is 2.50. The van der Waals surface area contributed by atoms with Gasteiger partial charge in [-0.15, -0.1) is 0 Å². The Morgan fingerprint density at radius 2 is 2.06 bits per heavy atom. The number of phenols is 2. The molecule has 1 aromatic carbocycles. The van der Waals surface area contributed by atoms with Crippen LogP contribution in [0.1, 0.15) is 6.92 Å². The maximum absolute atomic E-state index is 12.0. The summed E-state index contributed by atoms with van der Waals surface area (Å²) in [5.74, 6) is -0.490. The van der Waals surface area contributed by atoms with Crippen LogP contribution in [0.25, 0.3) is 11.3 Å². The summed E-state index contributed by atoms with van der Waals surface area (Å²) in [5, 5.41) is 18.6. The van der Waals surface area contributed by atoms with Crippen LogP contribution >= 0.6 is 0 Å². The molecule has 1 heterocycles. The lowest BCUT2D eigenvalue weighted by molar-refractivity contribution is 0.404. The molecule has 17 heavy (non-hydrogen) atoms. The lowest BCUT2D eigenvalue weighted by Gasteiger charge is -2.05. The van der Waals surface area contributed by atoms with Crippen molar-refractivity contribution in [2.45, 2.75) is 13.5 Å². The van der Waals surface area contributed by atoms with Crippen LogP contribution in [0.5, 0.6) is 11.5 Å². The Bertz CT molecular complexity index is 605. The Kier molecular flexibility index (Phi) is 2.82. The SMILES string of the molecule is CCn1ccnc(-c2ccc(O)c(O)c2)c1=O. The van der Waals surface area contributed by atoms with Crippen molar-refractivity contribution in [1.29, 1.82) is 0 Å². The van der Waals surface area contributed by atoms with E-state index in [2.05, 4.69) is 4.98 Å². The topological polar surface area (TPSA) is 75.3 Å². The predicted molar refractivity (Wildman–Crippen MR) is 62.9 cm³/mol. The van der Waals surface area contributed by atoms with E-state index in [0.717, 1.165) is 0 Å². The summed E-state index contributed by atoms with van der Waals surface area (Å²) in [6.45, 7) is 2.41. The van der Waals surface area contributed by atoms with Crippen molar-refractivity contribution in [3.63, 3.8) is 0 Å². The monoisotopic (exact) mass is 232 g/mol. The number of hydrogen-bond donors (Lipinski definition) is 2. The Labute approximate surface area is 97.6 Å². The molecule has 0 saturated carbocycles. The summed E-state index contributed by atoms with van der Waals surface area (Å²) in [5.41, 5.74) is 0.512. The van der Waals surface area contributed by atoms with E-state index >= 15 is 0 Å². The molecule has 0 atom stereocenters. The fourth-order valence-corrected chi connectivity index (χ4v) is 1.57. The van der Waals surface area contributed by atoms with Gasteiger partial charge in [-0.3, -0.25) is 4.79 Å². The fourth-order valence-electron chi connectivity index (χ4n) is 1.57. The third kappa shape index (κ3) is 1.99. The van der Waals surface area contributed by atoms with Gasteiger partial charge in [-0.25, -0.2) is 4.98 Å². The Morgan fingerprint density at radius 3 is 2.71 bits per heavy atom. The van der Waals surface area contributed by atoms with Crippen LogP contribution < -0.4 is 5.56 Å². The largest absolute Gasteiger partial charge is 0.504 e. The molecule has 0 aliphatic rings. The molecule has 88 valence electrons. The quantitative estimate of drug-likeness (QED) is 0.766. The maximum atomic E-state index is 12.0. The van der Waals surface area contributed by atoms with Gasteiger partial charge >= 0.3 is 0 Å². The lowest BCUT2D eigenvalue weighted by Crippen LogP contribution is -2.21. The number of aromatic hydroxyl groups is 2. The molecule has 5 nitrogen and oxygen atoms in total. The van der Waals surface area contributed by atoms with Crippen molar-refractivity contribution < 1.29 is 10.2 Å². The van der Waals surface area contributed by atoms with E-state index in [0.29, 0.717) is 12.1 Å². The van der Waals surface area contributed by atoms with E-state index < -0.39 is 0 Å². The first-order chi connectivity index (χ1) is 8.13. The average molecular weight is 232 g/mol. The molecule has 0 unspecified atom stereocenters. The minimum Gasteiger partial charge on any atom is -0.504 e. The van der Waals surface area contributed by atoms with Crippen LogP contribution in [-0.4, -0.2) is 19.8 Å². The summed E-state index contributed by atoms with van der Waals surface area (Å²) in [7, 11) is 0. The second-order valence-corrected chi connectivity index (χ2v) is 3.57. The van der Waals surface area contributed by atoms with Gasteiger partial charge in [0.1, 0.15) is 5.69 Å². The van der Waals surface area contributed by atoms with Gasteiger partial charge in [0.15, 0.2) is 11.5 Å². The van der Waals surface area contributed by atoms with Gasteiger partial charge in [-0.1, -0.05) is 0 Å². The molecule has 2 N–H and O–H groups in total. The van der Waals surface area contributed by atoms with Gasteiger partial charge in [0, 0.05) is 24.5 Å². The second kappa shape index (κ2) is 4.29. The van der Waals surface area contributed by atoms with E-state index in [-0.39, 0.29) is 22.8 Å². The van der Waals surface area contributed by atoms with Crippen molar-refractivity contribution in [3.05, 3.63) is 40.9 Å². The smallest absolute Gasteiger partial charge is 0.277 e. The summed E-state index contributed by atoms with van der Waals surface area (Å²) in [6.07, 6.45) is 3.14. The van der Waals surface area contributed by atoms with Gasteiger partial charge < -0.3 is 14.8 Å². The zero-order valence-corrected chi connectivity index (χ0v) is 9.29. The molecule has 5 heteroatoms. The highest BCUT2D eigenvalue weighted by Gasteiger charge is 2.09. The van der Waals surface area contributed by atoms with Crippen LogP contribution in [-0.2, 0) is 6.54 Å². The number of nitrogens with zero attached hydrogens (tertiary/aromatic N) is 2. The number of rotatable bonds is 2. The number of aromatic nitrogens is 2. The van der Waals surface area contributed by atoms with Crippen LogP contribution in [0, 0.1) is 0 Å². The summed E-state index contributed by atoms with van der Waals surface area (Å²) < 4.78 is 1.52. The summed E-state index contributed by atoms with van der Waals surface area (Å²) >= 11 is 0. The molecule has 0 fully saturated rings. The Hall–Kier alpha value is -2.30. The minimum absolute atomic E-state index is 0.222. The molecular formula is C12H12N2O3. The third-order valence-electron chi connectivity index (χ3n) is 2.50. The second-order valence-electron chi connectivity index (χ2n) is 3.57. The number of benzene rings is 1. The molecular weight excluding hydrogens is 220 g/mol. The highest BCUT2D eigenvalue weighted by atomic mass is 16.3. The highest BCUT2D eigenvalue weighted by Crippen LogP contribution is 2.28. The van der Waals surface area contributed by atoms with Crippen LogP contribution in [0.4, 0.5) is 0 Å². The van der Waals surface area contributed by atoms with E-state index in [4.69, 9.17) is 0 Å². The highest BCUT2D eigenvalue weighted by molar-refractivity contribution is 5.62.